The van der Waals surface area contributed by atoms with Crippen molar-refractivity contribution in [3.05, 3.63) is 33.1 Å². The number of hydrogen-bond acceptors (Lipinski definition) is 5. The summed E-state index contributed by atoms with van der Waals surface area (Å²) in [5.41, 5.74) is -1.78. The van der Waals surface area contributed by atoms with Gasteiger partial charge in [-0.3, -0.25) is 14.3 Å². The van der Waals surface area contributed by atoms with Crippen LogP contribution >= 0.6 is 0 Å². The van der Waals surface area contributed by atoms with Crippen LogP contribution in [0.2, 0.25) is 0 Å². The van der Waals surface area contributed by atoms with Crippen LogP contribution in [-0.4, -0.2) is 40.1 Å². The smallest absolute Gasteiger partial charge is 0.330 e. The molecule has 7 nitrogen and oxygen atoms in total. The van der Waals surface area contributed by atoms with Crippen molar-refractivity contribution in [3.63, 3.8) is 0 Å². The first-order valence-corrected chi connectivity index (χ1v) is 4.93. The summed E-state index contributed by atoms with van der Waals surface area (Å²) in [6.45, 7) is 0. The number of aliphatic hydroxyl groups is 1. The number of rotatable bonds is 2. The SMILES string of the molecule is CO[C@H]1O[C@@H](n2ccc(=O)[nH]c2=O)C(F)(F)[C@@H]1O. The summed E-state index contributed by atoms with van der Waals surface area (Å²) in [5.74, 6) is -3.72. The normalized spacial score (nSPS) is 30.6. The van der Waals surface area contributed by atoms with Gasteiger partial charge in [0.15, 0.2) is 12.4 Å². The van der Waals surface area contributed by atoms with Gasteiger partial charge in [0.05, 0.1) is 0 Å². The molecule has 2 rings (SSSR count). The van der Waals surface area contributed by atoms with Crippen molar-refractivity contribution in [2.75, 3.05) is 7.11 Å². The zero-order valence-corrected chi connectivity index (χ0v) is 9.17. The maximum atomic E-state index is 13.7. The van der Waals surface area contributed by atoms with Crippen molar-refractivity contribution in [2.45, 2.75) is 24.5 Å². The van der Waals surface area contributed by atoms with Crippen LogP contribution in [0.15, 0.2) is 21.9 Å². The second kappa shape index (κ2) is 4.26. The summed E-state index contributed by atoms with van der Waals surface area (Å²) in [6, 6.07) is 0.896. The average Bonchev–Trinajstić information content (AvgIpc) is 2.52. The van der Waals surface area contributed by atoms with Crippen molar-refractivity contribution >= 4 is 0 Å². The lowest BCUT2D eigenvalue weighted by molar-refractivity contribution is -0.163. The predicted molar refractivity (Wildman–Crippen MR) is 53.2 cm³/mol. The Hall–Kier alpha value is -1.58. The van der Waals surface area contributed by atoms with E-state index in [0.29, 0.717) is 4.57 Å². The standard InChI is InChI=1S/C9H10F2N2O5/c1-17-6-5(15)9(10,11)7(18-6)13-3-2-4(14)12-8(13)16/h2-3,5-7,15H,1H3,(H,12,14,16)/t5-,6+,7-/m1/s1. The minimum absolute atomic E-state index is 0.490. The Balaban J connectivity index is 2.45. The largest absolute Gasteiger partial charge is 0.382 e. The van der Waals surface area contributed by atoms with E-state index in [-0.39, 0.29) is 0 Å². The number of aromatic nitrogens is 2. The lowest BCUT2D eigenvalue weighted by atomic mass is 10.2. The van der Waals surface area contributed by atoms with Crippen LogP contribution in [0.3, 0.4) is 0 Å². The number of H-pyrrole nitrogens is 1. The first-order chi connectivity index (χ1) is 8.37. The molecule has 0 saturated carbocycles. The Morgan fingerprint density at radius 1 is 1.56 bits per heavy atom. The van der Waals surface area contributed by atoms with Gasteiger partial charge >= 0.3 is 11.6 Å². The molecule has 100 valence electrons. The van der Waals surface area contributed by atoms with Crippen LogP contribution < -0.4 is 11.2 Å². The minimum Gasteiger partial charge on any atom is -0.382 e. The maximum Gasteiger partial charge on any atom is 0.330 e. The summed E-state index contributed by atoms with van der Waals surface area (Å²) >= 11 is 0. The summed E-state index contributed by atoms with van der Waals surface area (Å²) in [7, 11) is 1.09. The first kappa shape index (κ1) is 12.9. The van der Waals surface area contributed by atoms with E-state index in [2.05, 4.69) is 4.74 Å². The van der Waals surface area contributed by atoms with Crippen LogP contribution in [-0.2, 0) is 9.47 Å². The molecular weight excluding hydrogens is 254 g/mol. The third-order valence-corrected chi connectivity index (χ3v) is 2.58. The second-order valence-corrected chi connectivity index (χ2v) is 3.73. The third kappa shape index (κ3) is 1.85. The van der Waals surface area contributed by atoms with E-state index in [4.69, 9.17) is 4.74 Å². The van der Waals surface area contributed by atoms with E-state index in [9.17, 15) is 23.5 Å². The molecule has 0 bridgehead atoms. The van der Waals surface area contributed by atoms with Crippen molar-refractivity contribution in [1.82, 2.24) is 9.55 Å². The Labute approximate surface area is 98.6 Å². The lowest BCUT2D eigenvalue weighted by Gasteiger charge is -2.20. The molecule has 2 heterocycles. The molecule has 0 aromatic carbocycles. The predicted octanol–water partition coefficient (Wildman–Crippen LogP) is -0.966. The zero-order valence-electron chi connectivity index (χ0n) is 9.17. The summed E-state index contributed by atoms with van der Waals surface area (Å²) in [4.78, 5) is 24.0. The average molecular weight is 264 g/mol. The van der Waals surface area contributed by atoms with E-state index in [1.165, 1.54) is 0 Å². The van der Waals surface area contributed by atoms with E-state index in [1.807, 2.05) is 4.98 Å². The van der Waals surface area contributed by atoms with Crippen LogP contribution in [0.1, 0.15) is 6.23 Å². The molecule has 1 fully saturated rings. The molecule has 1 aromatic rings. The van der Waals surface area contributed by atoms with Gasteiger partial charge in [-0.25, -0.2) is 4.79 Å². The van der Waals surface area contributed by atoms with E-state index in [0.717, 1.165) is 19.4 Å². The Morgan fingerprint density at radius 3 is 2.72 bits per heavy atom. The Kier molecular flexibility index (Phi) is 3.05. The number of aromatic amines is 1. The molecule has 0 radical (unpaired) electrons. The highest BCUT2D eigenvalue weighted by molar-refractivity contribution is 4.95. The molecule has 0 unspecified atom stereocenters. The van der Waals surface area contributed by atoms with Crippen LogP contribution in [0, 0.1) is 0 Å². The second-order valence-electron chi connectivity index (χ2n) is 3.73. The number of aliphatic hydroxyl groups excluding tert-OH is 1. The molecule has 0 spiro atoms. The van der Waals surface area contributed by atoms with Crippen molar-refractivity contribution in [3.8, 4) is 0 Å². The Bertz CT molecular complexity index is 554. The quantitative estimate of drug-likeness (QED) is 0.717. The van der Waals surface area contributed by atoms with Crippen molar-refractivity contribution in [2.24, 2.45) is 0 Å². The summed E-state index contributed by atoms with van der Waals surface area (Å²) < 4.78 is 37.2. The number of nitrogens with one attached hydrogen (secondary N) is 1. The van der Waals surface area contributed by atoms with Crippen LogP contribution in [0.5, 0.6) is 0 Å². The molecule has 18 heavy (non-hydrogen) atoms. The number of methoxy groups -OCH3 is 1. The molecule has 1 aromatic heterocycles. The monoisotopic (exact) mass is 264 g/mol. The fourth-order valence-electron chi connectivity index (χ4n) is 1.67. The molecule has 0 amide bonds. The van der Waals surface area contributed by atoms with Gasteiger partial charge < -0.3 is 14.6 Å². The topological polar surface area (TPSA) is 93.5 Å². The van der Waals surface area contributed by atoms with Crippen LogP contribution in [0.4, 0.5) is 8.78 Å². The summed E-state index contributed by atoms with van der Waals surface area (Å²) in [6.07, 6.45) is -4.93. The van der Waals surface area contributed by atoms with E-state index < -0.39 is 35.8 Å². The van der Waals surface area contributed by atoms with Gasteiger partial charge in [0, 0.05) is 19.4 Å². The molecule has 1 aliphatic heterocycles. The number of ether oxygens (including phenoxy) is 2. The number of nitrogens with zero attached hydrogens (tertiary/aromatic N) is 1. The van der Waals surface area contributed by atoms with Gasteiger partial charge in [-0.1, -0.05) is 0 Å². The molecule has 1 saturated heterocycles. The van der Waals surface area contributed by atoms with Crippen molar-refractivity contribution < 1.29 is 23.4 Å². The highest BCUT2D eigenvalue weighted by Gasteiger charge is 2.60. The fourth-order valence-corrected chi connectivity index (χ4v) is 1.67. The first-order valence-electron chi connectivity index (χ1n) is 4.93. The zero-order chi connectivity index (χ0) is 13.5. The highest BCUT2D eigenvalue weighted by atomic mass is 19.3. The van der Waals surface area contributed by atoms with Crippen molar-refractivity contribution in [1.29, 1.82) is 0 Å². The van der Waals surface area contributed by atoms with Gasteiger partial charge in [0.25, 0.3) is 5.56 Å². The van der Waals surface area contributed by atoms with E-state index >= 15 is 0 Å². The number of hydrogen-bond donors (Lipinski definition) is 2. The molecule has 1 aliphatic rings. The van der Waals surface area contributed by atoms with E-state index in [1.54, 1.807) is 0 Å². The van der Waals surface area contributed by atoms with Gasteiger partial charge in [0.1, 0.15) is 0 Å². The summed E-state index contributed by atoms with van der Waals surface area (Å²) in [5, 5.41) is 9.31. The Morgan fingerprint density at radius 2 is 2.22 bits per heavy atom. The highest BCUT2D eigenvalue weighted by Crippen LogP contribution is 2.42. The van der Waals surface area contributed by atoms with Gasteiger partial charge in [-0.05, 0) is 0 Å². The maximum absolute atomic E-state index is 13.7. The fraction of sp³-hybridized carbons (Fsp3) is 0.556. The molecule has 3 atom stereocenters. The lowest BCUT2D eigenvalue weighted by Crippen LogP contribution is -2.42. The molecule has 0 aliphatic carbocycles. The van der Waals surface area contributed by atoms with Gasteiger partial charge in [-0.2, -0.15) is 8.78 Å². The van der Waals surface area contributed by atoms with Crippen LogP contribution in [0.25, 0.3) is 0 Å². The molecule has 2 N–H and O–H groups in total. The van der Waals surface area contributed by atoms with Gasteiger partial charge in [-0.15, -0.1) is 0 Å². The number of alkyl halides is 2. The van der Waals surface area contributed by atoms with Gasteiger partial charge in [0.2, 0.25) is 6.23 Å². The third-order valence-electron chi connectivity index (χ3n) is 2.58. The molecular formula is C9H10F2N2O5. The molecule has 9 heteroatoms. The minimum atomic E-state index is -3.72. The number of halogens is 2.